The second-order valence-corrected chi connectivity index (χ2v) is 21.3. The number of benzene rings is 1. The van der Waals surface area contributed by atoms with Gasteiger partial charge >= 0.3 is 12.0 Å². The number of carbonyl (C=O) groups excluding carboxylic acids is 2. The number of cyclic esters (lactones) is 1. The topological polar surface area (TPSA) is 277 Å². The molecule has 5 rings (SSSR count). The number of nitrogens with one attached hydrogen (secondary N) is 2. The molecule has 18 atom stereocenters. The molecule has 2 amide bonds. The van der Waals surface area contributed by atoms with E-state index in [9.17, 15) is 35.1 Å². The summed E-state index contributed by atoms with van der Waals surface area (Å²) in [6, 6.07) is 3.78. The number of hydrogen-bond donors (Lipinski definition) is 8. The number of aliphatic hydroxyl groups is 5. The van der Waals surface area contributed by atoms with E-state index in [1.54, 1.807) is 66.7 Å². The van der Waals surface area contributed by atoms with E-state index in [1.165, 1.54) is 14.0 Å². The molecule has 0 spiro atoms. The fourth-order valence-corrected chi connectivity index (χ4v) is 10.8. The number of carbonyl (C=O) groups is 3. The van der Waals surface area contributed by atoms with Crippen LogP contribution in [0.15, 0.2) is 18.2 Å². The fourth-order valence-electron chi connectivity index (χ4n) is 10.8. The summed E-state index contributed by atoms with van der Waals surface area (Å²) in [4.78, 5) is 39.9. The van der Waals surface area contributed by atoms with Crippen LogP contribution in [0.25, 0.3) is 0 Å². The van der Waals surface area contributed by atoms with Crippen LogP contribution in [0.5, 0.6) is 11.5 Å². The first kappa shape index (κ1) is 61.1. The molecule has 21 heteroatoms. The van der Waals surface area contributed by atoms with Crippen molar-refractivity contribution in [2.45, 2.75) is 198 Å². The molecule has 4 aliphatic rings. The van der Waals surface area contributed by atoms with E-state index < -0.39 is 102 Å². The highest BCUT2D eigenvalue weighted by Crippen LogP contribution is 2.41. The summed E-state index contributed by atoms with van der Waals surface area (Å²) >= 11 is 0. The van der Waals surface area contributed by atoms with Crippen LogP contribution in [0, 0.1) is 17.8 Å². The van der Waals surface area contributed by atoms with Gasteiger partial charge in [-0.15, -0.1) is 0 Å². The van der Waals surface area contributed by atoms with Gasteiger partial charge in [0.15, 0.2) is 24.1 Å². The highest BCUT2D eigenvalue weighted by molar-refractivity contribution is 5.89. The number of anilines is 1. The van der Waals surface area contributed by atoms with E-state index >= 15 is 0 Å². The lowest BCUT2D eigenvalue weighted by molar-refractivity contribution is -0.318. The quantitative estimate of drug-likeness (QED) is 0.0847. The van der Waals surface area contributed by atoms with Crippen molar-refractivity contribution in [3.8, 4) is 11.5 Å². The van der Waals surface area contributed by atoms with Gasteiger partial charge in [-0.1, -0.05) is 20.8 Å². The number of carboxylic acid groups (broad SMARTS) is 1. The first-order valence-electron chi connectivity index (χ1n) is 25.5. The van der Waals surface area contributed by atoms with Gasteiger partial charge in [0.1, 0.15) is 30.0 Å². The average Bonchev–Trinajstić information content (AvgIpc) is 3.56. The largest absolute Gasteiger partial charge is 0.490 e. The molecule has 8 N–H and O–H groups in total. The van der Waals surface area contributed by atoms with Gasteiger partial charge in [0.2, 0.25) is 0 Å². The molecular formula is C51H88N4O17. The van der Waals surface area contributed by atoms with Crippen LogP contribution in [0.1, 0.15) is 108 Å². The highest BCUT2D eigenvalue weighted by Gasteiger charge is 2.53. The third-order valence-corrected chi connectivity index (χ3v) is 14.9. The summed E-state index contributed by atoms with van der Waals surface area (Å²) in [5.74, 6) is -1.74. The van der Waals surface area contributed by atoms with E-state index in [0.29, 0.717) is 56.3 Å². The Morgan fingerprint density at radius 1 is 0.958 bits per heavy atom. The number of nitrogens with zero attached hydrogens (tertiary/aromatic N) is 2. The van der Waals surface area contributed by atoms with E-state index in [1.807, 2.05) is 37.7 Å². The van der Waals surface area contributed by atoms with E-state index in [0.717, 1.165) is 6.42 Å². The van der Waals surface area contributed by atoms with Crippen LogP contribution in [-0.4, -0.2) is 203 Å². The summed E-state index contributed by atoms with van der Waals surface area (Å²) < 4.78 is 49.6. The second-order valence-electron chi connectivity index (χ2n) is 21.3. The van der Waals surface area contributed by atoms with Gasteiger partial charge in [-0.3, -0.25) is 14.5 Å². The Morgan fingerprint density at radius 2 is 1.61 bits per heavy atom. The van der Waals surface area contributed by atoms with Crippen molar-refractivity contribution in [2.24, 2.45) is 17.8 Å². The van der Waals surface area contributed by atoms with Crippen LogP contribution in [0.2, 0.25) is 0 Å². The first-order valence-corrected chi connectivity index (χ1v) is 25.5. The Morgan fingerprint density at radius 3 is 2.24 bits per heavy atom. The average molecular weight is 1030 g/mol. The molecule has 72 heavy (non-hydrogen) atoms. The molecule has 1 aromatic rings. The summed E-state index contributed by atoms with van der Waals surface area (Å²) in [6.07, 6.45) is -7.94. The standard InChI is InChI=1S/C50H86N4O15.CH2O2/c1-14-38-50(10,61)42(56)32(6)54(20-15-19-51-47(59)52-34-17-18-36-37(24-34)64-22-16-21-63-36)27-28(2)25-48(8,60)44(69-46-40(55)35(53(11)12)23-29(3)65-46)30(4)41(31(5)45(58)67-38)68-39-26-49(9,62-13)43(57)33(7)66-39;2-1-3/h17-18,24,28-33,35,38-44,46,55-57,60-61H,14-16,19-23,25-27H2,1-13H3,(H2,51,52,59);1H,(H,2,3)/t28-,29-,30+,31-,32-,33+,35+,38-,39+,40-,41+,42-,43+,44-,46+,48-,49-,50-;/m1./s1. The molecule has 4 aliphatic heterocycles. The molecule has 0 aromatic heterocycles. The summed E-state index contributed by atoms with van der Waals surface area (Å²) in [6.45, 7) is 19.2. The molecule has 0 unspecified atom stereocenters. The summed E-state index contributed by atoms with van der Waals surface area (Å²) in [5.41, 5.74) is -4.13. The molecule has 0 aliphatic carbocycles. The molecule has 3 fully saturated rings. The smallest absolute Gasteiger partial charge is 0.319 e. The molecule has 0 saturated carbocycles. The number of amides is 2. The molecule has 0 bridgehead atoms. The van der Waals surface area contributed by atoms with E-state index in [4.69, 9.17) is 47.8 Å². The normalized spacial score (nSPS) is 39.5. The Bertz CT molecular complexity index is 1860. The minimum atomic E-state index is -1.93. The van der Waals surface area contributed by atoms with Crippen molar-refractivity contribution in [3.63, 3.8) is 0 Å². The van der Waals surface area contributed by atoms with Crippen molar-refractivity contribution in [1.82, 2.24) is 15.1 Å². The van der Waals surface area contributed by atoms with Gasteiger partial charge in [-0.05, 0) is 106 Å². The number of fused-ring (bicyclic) bond motifs is 1. The minimum Gasteiger partial charge on any atom is -0.490 e. The molecule has 21 nitrogen and oxygen atoms in total. The molecule has 3 saturated heterocycles. The lowest BCUT2D eigenvalue weighted by atomic mass is 9.77. The summed E-state index contributed by atoms with van der Waals surface area (Å²) in [7, 11) is 5.25. The SMILES string of the molecule is CC[C@H]1OC(=O)[C@H](C)[C@@H](O[C@H]2C[C@@](C)(OC)[C@@H](O)[C@H](C)O2)[C@H](C)[C@@H](O[C@@H]2O[C@H](C)C[C@H](N(C)C)[C@H]2O)[C@](C)(O)C[C@@H](C)CN(CCCNC(=O)Nc2ccc3c(c2)OCCCO3)[C@H](C)[C@@H](O)[C@]1(C)O.O=CO. The third kappa shape index (κ3) is 15.6. The van der Waals surface area contributed by atoms with E-state index in [2.05, 4.69) is 10.6 Å². The number of hydrogen-bond acceptors (Lipinski definition) is 18. The second kappa shape index (κ2) is 26.9. The van der Waals surface area contributed by atoms with Crippen LogP contribution < -0.4 is 20.1 Å². The van der Waals surface area contributed by atoms with Crippen molar-refractivity contribution < 1.29 is 82.9 Å². The Kier molecular flexibility index (Phi) is 22.8. The Balaban J connectivity index is 0.00000365. The maximum Gasteiger partial charge on any atom is 0.319 e. The zero-order chi connectivity index (χ0) is 53.9. The third-order valence-electron chi connectivity index (χ3n) is 14.9. The first-order chi connectivity index (χ1) is 33.7. The molecule has 0 radical (unpaired) electrons. The van der Waals surface area contributed by atoms with Gasteiger partial charge in [0, 0.05) is 69.3 Å². The zero-order valence-corrected chi connectivity index (χ0v) is 44.8. The van der Waals surface area contributed by atoms with Crippen LogP contribution in [0.3, 0.4) is 0 Å². The molecule has 1 aromatic carbocycles. The number of esters is 1. The zero-order valence-electron chi connectivity index (χ0n) is 44.8. The maximum atomic E-state index is 14.6. The Hall–Kier alpha value is -3.45. The Labute approximate surface area is 426 Å². The molecule has 4 heterocycles. The van der Waals surface area contributed by atoms with Gasteiger partial charge < -0.3 is 84.1 Å². The van der Waals surface area contributed by atoms with Gasteiger partial charge in [0.25, 0.3) is 6.47 Å². The van der Waals surface area contributed by atoms with Gasteiger partial charge in [0.05, 0.1) is 54.7 Å². The molecule has 414 valence electrons. The van der Waals surface area contributed by atoms with Crippen molar-refractivity contribution in [1.29, 1.82) is 0 Å². The van der Waals surface area contributed by atoms with Crippen molar-refractivity contribution in [2.75, 3.05) is 59.4 Å². The number of ether oxygens (including phenoxy) is 8. The number of methoxy groups -OCH3 is 1. The summed E-state index contributed by atoms with van der Waals surface area (Å²) in [5, 5.41) is 72.7. The van der Waals surface area contributed by atoms with Gasteiger partial charge in [-0.25, -0.2) is 4.79 Å². The van der Waals surface area contributed by atoms with E-state index in [-0.39, 0.29) is 50.3 Å². The maximum absolute atomic E-state index is 14.6. The minimum absolute atomic E-state index is 0.0950. The highest BCUT2D eigenvalue weighted by atomic mass is 16.7. The monoisotopic (exact) mass is 1030 g/mol. The van der Waals surface area contributed by atoms with Gasteiger partial charge in [-0.2, -0.15) is 0 Å². The van der Waals surface area contributed by atoms with Crippen LogP contribution >= 0.6 is 0 Å². The lowest BCUT2D eigenvalue weighted by Gasteiger charge is -2.48. The fraction of sp³-hybridized carbons (Fsp3) is 0.824. The number of likely N-dealkylation sites (N-methyl/N-ethyl adjacent to an activating group) is 1. The predicted molar refractivity (Wildman–Crippen MR) is 266 cm³/mol. The predicted octanol–water partition coefficient (Wildman–Crippen LogP) is 3.34. The van der Waals surface area contributed by atoms with Crippen LogP contribution in [0.4, 0.5) is 10.5 Å². The van der Waals surface area contributed by atoms with Crippen LogP contribution in [-0.2, 0) is 38.0 Å². The number of urea groups is 1. The number of rotatable bonds is 12. The van der Waals surface area contributed by atoms with Crippen molar-refractivity contribution in [3.05, 3.63) is 18.2 Å². The number of aliphatic hydroxyl groups excluding tert-OH is 3. The van der Waals surface area contributed by atoms with Crippen molar-refractivity contribution >= 4 is 24.2 Å². The lowest BCUT2D eigenvalue weighted by Crippen LogP contribution is -2.60. The molecular weight excluding hydrogens is 941 g/mol.